The van der Waals surface area contributed by atoms with Gasteiger partial charge in [-0.05, 0) is 43.5 Å². The molecule has 0 saturated heterocycles. The fraction of sp³-hybridized carbons (Fsp3) is 0.286. The molecule has 1 atom stereocenters. The van der Waals surface area contributed by atoms with E-state index < -0.39 is 0 Å². The third-order valence-corrected chi connectivity index (χ3v) is 5.68. The van der Waals surface area contributed by atoms with Crippen LogP contribution in [0.1, 0.15) is 49.2 Å². The SMILES string of the molecule is CC(=O)Nc1cccc(-n2c(S[C@H](C)c3ccccc3)nnc2C2CC2)c1. The topological polar surface area (TPSA) is 59.8 Å². The first-order valence-corrected chi connectivity index (χ1v) is 10.0. The summed E-state index contributed by atoms with van der Waals surface area (Å²) in [5, 5.41) is 13.0. The average Bonchev–Trinajstić information content (AvgIpc) is 3.43. The molecule has 6 heteroatoms. The van der Waals surface area contributed by atoms with Crippen LogP contribution in [0.5, 0.6) is 0 Å². The van der Waals surface area contributed by atoms with Crippen LogP contribution in [0.4, 0.5) is 5.69 Å². The predicted molar refractivity (Wildman–Crippen MR) is 108 cm³/mol. The minimum atomic E-state index is -0.0781. The number of hydrogen-bond acceptors (Lipinski definition) is 4. The number of carbonyl (C=O) groups is 1. The molecular weight excluding hydrogens is 356 g/mol. The molecule has 5 nitrogen and oxygen atoms in total. The fourth-order valence-electron chi connectivity index (χ4n) is 3.08. The zero-order valence-corrected chi connectivity index (χ0v) is 16.2. The van der Waals surface area contributed by atoms with Gasteiger partial charge in [-0.15, -0.1) is 10.2 Å². The maximum absolute atomic E-state index is 11.4. The van der Waals surface area contributed by atoms with Crippen LogP contribution in [0.15, 0.2) is 59.8 Å². The molecule has 1 aliphatic rings. The zero-order chi connectivity index (χ0) is 18.8. The number of hydrogen-bond donors (Lipinski definition) is 1. The van der Waals surface area contributed by atoms with Crippen molar-refractivity contribution < 1.29 is 4.79 Å². The summed E-state index contributed by atoms with van der Waals surface area (Å²) >= 11 is 1.71. The van der Waals surface area contributed by atoms with Crippen molar-refractivity contribution in [2.24, 2.45) is 0 Å². The number of aromatic nitrogens is 3. The van der Waals surface area contributed by atoms with Gasteiger partial charge in [0.05, 0.1) is 5.69 Å². The first kappa shape index (κ1) is 17.8. The quantitative estimate of drug-likeness (QED) is 0.616. The number of nitrogens with zero attached hydrogens (tertiary/aromatic N) is 3. The molecule has 0 aliphatic heterocycles. The highest BCUT2D eigenvalue weighted by atomic mass is 32.2. The Balaban J connectivity index is 1.69. The van der Waals surface area contributed by atoms with Crippen molar-refractivity contribution in [3.8, 4) is 5.69 Å². The third-order valence-electron chi connectivity index (χ3n) is 4.58. The molecule has 1 saturated carbocycles. The molecule has 0 bridgehead atoms. The summed E-state index contributed by atoms with van der Waals surface area (Å²) in [6.45, 7) is 3.70. The van der Waals surface area contributed by atoms with Crippen molar-refractivity contribution in [3.05, 3.63) is 66.0 Å². The van der Waals surface area contributed by atoms with Crippen LogP contribution in [0.25, 0.3) is 5.69 Å². The number of carbonyl (C=O) groups excluding carboxylic acids is 1. The van der Waals surface area contributed by atoms with Gasteiger partial charge in [0.25, 0.3) is 0 Å². The smallest absolute Gasteiger partial charge is 0.221 e. The molecule has 4 rings (SSSR count). The van der Waals surface area contributed by atoms with Crippen LogP contribution in [0.2, 0.25) is 0 Å². The molecule has 138 valence electrons. The number of anilines is 1. The molecule has 0 unspecified atom stereocenters. The first-order chi connectivity index (χ1) is 13.1. The van der Waals surface area contributed by atoms with E-state index in [0.717, 1.165) is 35.2 Å². The number of rotatable bonds is 6. The summed E-state index contributed by atoms with van der Waals surface area (Å²) in [6.07, 6.45) is 2.31. The third kappa shape index (κ3) is 4.06. The van der Waals surface area contributed by atoms with Gasteiger partial charge in [0.15, 0.2) is 5.16 Å². The summed E-state index contributed by atoms with van der Waals surface area (Å²) in [5.41, 5.74) is 3.02. The van der Waals surface area contributed by atoms with Gasteiger partial charge >= 0.3 is 0 Å². The Bertz CT molecular complexity index is 950. The van der Waals surface area contributed by atoms with Gasteiger partial charge in [0.1, 0.15) is 5.82 Å². The molecule has 1 N–H and O–H groups in total. The van der Waals surface area contributed by atoms with Crippen molar-refractivity contribution in [2.75, 3.05) is 5.32 Å². The van der Waals surface area contributed by atoms with Gasteiger partial charge in [0.2, 0.25) is 5.91 Å². The van der Waals surface area contributed by atoms with Crippen molar-refractivity contribution >= 4 is 23.4 Å². The normalized spacial score (nSPS) is 14.7. The van der Waals surface area contributed by atoms with E-state index in [0.29, 0.717) is 5.92 Å². The van der Waals surface area contributed by atoms with Gasteiger partial charge in [0, 0.05) is 23.8 Å². The van der Waals surface area contributed by atoms with Crippen LogP contribution in [-0.2, 0) is 4.79 Å². The van der Waals surface area contributed by atoms with E-state index in [1.807, 2.05) is 30.3 Å². The van der Waals surface area contributed by atoms with Crippen LogP contribution in [-0.4, -0.2) is 20.7 Å². The van der Waals surface area contributed by atoms with E-state index in [-0.39, 0.29) is 11.2 Å². The molecule has 1 aromatic heterocycles. The number of amides is 1. The van der Waals surface area contributed by atoms with E-state index in [2.05, 4.69) is 51.3 Å². The summed E-state index contributed by atoms with van der Waals surface area (Å²) in [7, 11) is 0. The Labute approximate surface area is 163 Å². The van der Waals surface area contributed by atoms with Crippen molar-refractivity contribution in [3.63, 3.8) is 0 Å². The number of thioether (sulfide) groups is 1. The van der Waals surface area contributed by atoms with E-state index in [1.165, 1.54) is 12.5 Å². The van der Waals surface area contributed by atoms with E-state index >= 15 is 0 Å². The van der Waals surface area contributed by atoms with Crippen LogP contribution in [0.3, 0.4) is 0 Å². The summed E-state index contributed by atoms with van der Waals surface area (Å²) < 4.78 is 2.15. The summed E-state index contributed by atoms with van der Waals surface area (Å²) in [5.74, 6) is 1.41. The van der Waals surface area contributed by atoms with Gasteiger partial charge in [-0.1, -0.05) is 48.2 Å². The molecule has 1 heterocycles. The fourth-order valence-corrected chi connectivity index (χ4v) is 4.08. The maximum atomic E-state index is 11.4. The number of benzene rings is 2. The molecule has 1 fully saturated rings. The monoisotopic (exact) mass is 378 g/mol. The van der Waals surface area contributed by atoms with Gasteiger partial charge in [-0.25, -0.2) is 0 Å². The predicted octanol–water partition coefficient (Wildman–Crippen LogP) is 4.96. The van der Waals surface area contributed by atoms with E-state index in [4.69, 9.17) is 0 Å². The molecule has 2 aromatic carbocycles. The van der Waals surface area contributed by atoms with Crippen LogP contribution in [0, 0.1) is 0 Å². The van der Waals surface area contributed by atoms with E-state index in [1.54, 1.807) is 11.8 Å². The van der Waals surface area contributed by atoms with Gasteiger partial charge in [-0.3, -0.25) is 9.36 Å². The second kappa shape index (κ2) is 7.56. The molecule has 0 radical (unpaired) electrons. The molecule has 1 amide bonds. The Hall–Kier alpha value is -2.60. The average molecular weight is 379 g/mol. The Morgan fingerprint density at radius 2 is 1.93 bits per heavy atom. The molecule has 0 spiro atoms. The van der Waals surface area contributed by atoms with Gasteiger partial charge < -0.3 is 5.32 Å². The van der Waals surface area contributed by atoms with Crippen LogP contribution >= 0.6 is 11.8 Å². The summed E-state index contributed by atoms with van der Waals surface area (Å²) in [4.78, 5) is 11.4. The molecule has 1 aliphatic carbocycles. The highest BCUT2D eigenvalue weighted by molar-refractivity contribution is 7.99. The molecule has 3 aromatic rings. The highest BCUT2D eigenvalue weighted by Gasteiger charge is 2.31. The van der Waals surface area contributed by atoms with Crippen LogP contribution < -0.4 is 5.32 Å². The standard InChI is InChI=1S/C21H22N4OS/c1-14(16-7-4-3-5-8-16)27-21-24-23-20(17-11-12-17)25(21)19-10-6-9-18(13-19)22-15(2)26/h3-10,13-14,17H,11-12H2,1-2H3,(H,22,26)/t14-/m1/s1. The Morgan fingerprint density at radius 1 is 1.15 bits per heavy atom. The lowest BCUT2D eigenvalue weighted by Gasteiger charge is -2.14. The minimum Gasteiger partial charge on any atom is -0.326 e. The zero-order valence-electron chi connectivity index (χ0n) is 15.4. The van der Waals surface area contributed by atoms with Crippen molar-refractivity contribution in [1.82, 2.24) is 14.8 Å². The van der Waals surface area contributed by atoms with Crippen molar-refractivity contribution in [1.29, 1.82) is 0 Å². The minimum absolute atomic E-state index is 0.0781. The second-order valence-electron chi connectivity index (χ2n) is 6.85. The maximum Gasteiger partial charge on any atom is 0.221 e. The lowest BCUT2D eigenvalue weighted by Crippen LogP contribution is -2.07. The first-order valence-electron chi connectivity index (χ1n) is 9.17. The lowest BCUT2D eigenvalue weighted by molar-refractivity contribution is -0.114. The highest BCUT2D eigenvalue weighted by Crippen LogP contribution is 2.43. The summed E-state index contributed by atoms with van der Waals surface area (Å²) in [6, 6.07) is 18.3. The molecule has 27 heavy (non-hydrogen) atoms. The number of nitrogens with one attached hydrogen (secondary N) is 1. The Kier molecular flexibility index (Phi) is 4.99. The van der Waals surface area contributed by atoms with Gasteiger partial charge in [-0.2, -0.15) is 0 Å². The lowest BCUT2D eigenvalue weighted by atomic mass is 10.2. The van der Waals surface area contributed by atoms with Crippen molar-refractivity contribution in [2.45, 2.75) is 43.0 Å². The molecular formula is C21H22N4OS. The van der Waals surface area contributed by atoms with E-state index in [9.17, 15) is 4.79 Å². The largest absolute Gasteiger partial charge is 0.326 e. The Morgan fingerprint density at radius 3 is 2.63 bits per heavy atom. The second-order valence-corrected chi connectivity index (χ2v) is 8.16.